The van der Waals surface area contributed by atoms with Crippen molar-refractivity contribution in [1.82, 2.24) is 4.90 Å². The van der Waals surface area contributed by atoms with Gasteiger partial charge in [-0.25, -0.2) is 4.79 Å². The van der Waals surface area contributed by atoms with Gasteiger partial charge in [-0.1, -0.05) is 117 Å². The highest BCUT2D eigenvalue weighted by Gasteiger charge is 2.13. The Labute approximate surface area is 295 Å². The number of anilines is 1. The third-order valence-electron chi connectivity index (χ3n) is 8.70. The van der Waals surface area contributed by atoms with Gasteiger partial charge in [0.25, 0.3) is 5.69 Å². The minimum atomic E-state index is -0.507. The summed E-state index contributed by atoms with van der Waals surface area (Å²) in [6.07, 6.45) is 23.7. The van der Waals surface area contributed by atoms with Crippen LogP contribution in [0.1, 0.15) is 135 Å². The standard InChI is InChI=1S/C40H61N3O6/c1-4-6-8-9-10-11-12-13-14-15-16-17-18-19-20-21-30-42(3)39(44)32-35(34-22-26-37(27-23-34)43(46)47)33-49-38-28-24-36(25-29-38)41-40(45)48-31-7-5-2/h22-29,32H,4-21,30-31,33H2,1-3H3,(H,41,45). The summed E-state index contributed by atoms with van der Waals surface area (Å²) in [6.45, 7) is 5.41. The first-order valence-electron chi connectivity index (χ1n) is 18.7. The van der Waals surface area contributed by atoms with Gasteiger partial charge in [0, 0.05) is 43.1 Å². The van der Waals surface area contributed by atoms with E-state index in [0.717, 1.165) is 25.7 Å². The molecule has 0 saturated carbocycles. The Morgan fingerprint density at radius 2 is 1.24 bits per heavy atom. The van der Waals surface area contributed by atoms with E-state index >= 15 is 0 Å². The molecule has 0 saturated heterocycles. The van der Waals surface area contributed by atoms with E-state index in [9.17, 15) is 19.7 Å². The van der Waals surface area contributed by atoms with E-state index in [1.54, 1.807) is 54.4 Å². The van der Waals surface area contributed by atoms with Gasteiger partial charge in [-0.05, 0) is 54.8 Å². The number of non-ortho nitro benzene ring substituents is 1. The Balaban J connectivity index is 1.77. The molecule has 9 heteroatoms. The number of nitro groups is 1. The lowest BCUT2D eigenvalue weighted by Gasteiger charge is -2.17. The molecular weight excluding hydrogens is 618 g/mol. The van der Waals surface area contributed by atoms with Gasteiger partial charge in [0.05, 0.1) is 11.5 Å². The number of carbonyl (C=O) groups excluding carboxylic acids is 2. The molecule has 0 fully saturated rings. The number of rotatable bonds is 27. The SMILES string of the molecule is CCCCCCCCCCCCCCCCCCN(C)C(=O)C=C(COc1ccc(NC(=O)OCCCC)cc1)c1ccc([N+](=O)[O-])cc1. The Bertz CT molecular complexity index is 1230. The minimum absolute atomic E-state index is 0.0210. The maximum Gasteiger partial charge on any atom is 0.411 e. The number of nitro benzene ring substituents is 1. The highest BCUT2D eigenvalue weighted by molar-refractivity contribution is 5.95. The molecule has 0 bridgehead atoms. The third-order valence-corrected chi connectivity index (χ3v) is 8.70. The van der Waals surface area contributed by atoms with Crippen LogP contribution in [0.3, 0.4) is 0 Å². The normalized spacial score (nSPS) is 11.3. The number of benzene rings is 2. The fraction of sp³-hybridized carbons (Fsp3) is 0.600. The van der Waals surface area contributed by atoms with Crippen LogP contribution in [0.2, 0.25) is 0 Å². The van der Waals surface area contributed by atoms with Crippen LogP contribution in [-0.4, -0.2) is 48.6 Å². The maximum absolute atomic E-state index is 13.2. The number of unbranched alkanes of at least 4 members (excludes halogenated alkanes) is 16. The lowest BCUT2D eigenvalue weighted by Crippen LogP contribution is -2.26. The first-order chi connectivity index (χ1) is 23.8. The predicted molar refractivity (Wildman–Crippen MR) is 200 cm³/mol. The fourth-order valence-electron chi connectivity index (χ4n) is 5.53. The van der Waals surface area contributed by atoms with Crippen molar-refractivity contribution >= 4 is 28.9 Å². The van der Waals surface area contributed by atoms with Crippen LogP contribution in [0.25, 0.3) is 5.57 Å². The van der Waals surface area contributed by atoms with Crippen molar-refractivity contribution in [3.05, 3.63) is 70.3 Å². The zero-order chi connectivity index (χ0) is 35.5. The van der Waals surface area contributed by atoms with Crippen LogP contribution >= 0.6 is 0 Å². The van der Waals surface area contributed by atoms with Crippen LogP contribution in [0.5, 0.6) is 5.75 Å². The summed E-state index contributed by atoms with van der Waals surface area (Å²) in [5, 5.41) is 13.9. The zero-order valence-electron chi connectivity index (χ0n) is 30.4. The molecule has 2 aromatic rings. The Hall–Kier alpha value is -3.88. The summed E-state index contributed by atoms with van der Waals surface area (Å²) in [4.78, 5) is 37.6. The first-order valence-corrected chi connectivity index (χ1v) is 18.7. The van der Waals surface area contributed by atoms with E-state index in [1.165, 1.54) is 102 Å². The van der Waals surface area contributed by atoms with Gasteiger partial charge in [-0.15, -0.1) is 0 Å². The molecule has 2 rings (SSSR count). The number of amides is 2. The van der Waals surface area contributed by atoms with E-state index in [-0.39, 0.29) is 18.2 Å². The fourth-order valence-corrected chi connectivity index (χ4v) is 5.53. The summed E-state index contributed by atoms with van der Waals surface area (Å²) in [5.41, 5.74) is 1.83. The number of likely N-dealkylation sites (N-methyl/N-ethyl adjacent to an activating group) is 1. The van der Waals surface area contributed by atoms with Crippen molar-refractivity contribution in [1.29, 1.82) is 0 Å². The van der Waals surface area contributed by atoms with Gasteiger partial charge in [-0.2, -0.15) is 0 Å². The van der Waals surface area contributed by atoms with Gasteiger partial charge in [0.15, 0.2) is 0 Å². The molecule has 0 spiro atoms. The lowest BCUT2D eigenvalue weighted by molar-refractivity contribution is -0.384. The number of hydrogen-bond donors (Lipinski definition) is 1. The van der Waals surface area contributed by atoms with Crippen molar-refractivity contribution in [2.75, 3.05) is 32.1 Å². The Morgan fingerprint density at radius 3 is 1.76 bits per heavy atom. The monoisotopic (exact) mass is 679 g/mol. The molecule has 0 aliphatic rings. The quantitative estimate of drug-likeness (QED) is 0.0435. The topological polar surface area (TPSA) is 111 Å². The highest BCUT2D eigenvalue weighted by atomic mass is 16.6. The van der Waals surface area contributed by atoms with Crippen molar-refractivity contribution in [3.8, 4) is 5.75 Å². The van der Waals surface area contributed by atoms with Crippen molar-refractivity contribution in [2.24, 2.45) is 0 Å². The number of carbonyl (C=O) groups is 2. The second-order valence-electron chi connectivity index (χ2n) is 13.0. The van der Waals surface area contributed by atoms with E-state index in [2.05, 4.69) is 12.2 Å². The van der Waals surface area contributed by atoms with Gasteiger partial charge in [0.2, 0.25) is 5.91 Å². The number of ether oxygens (including phenoxy) is 2. The largest absolute Gasteiger partial charge is 0.489 e. The zero-order valence-corrected chi connectivity index (χ0v) is 30.4. The molecule has 0 aliphatic heterocycles. The molecule has 0 atom stereocenters. The van der Waals surface area contributed by atoms with Crippen molar-refractivity contribution in [2.45, 2.75) is 129 Å². The first kappa shape index (κ1) is 41.3. The highest BCUT2D eigenvalue weighted by Crippen LogP contribution is 2.23. The summed E-state index contributed by atoms with van der Waals surface area (Å²) in [5.74, 6) is 0.408. The molecule has 0 unspecified atom stereocenters. The predicted octanol–water partition coefficient (Wildman–Crippen LogP) is 11.1. The minimum Gasteiger partial charge on any atom is -0.489 e. The number of hydrogen-bond acceptors (Lipinski definition) is 6. The van der Waals surface area contributed by atoms with Crippen LogP contribution in [0.4, 0.5) is 16.2 Å². The van der Waals surface area contributed by atoms with Crippen LogP contribution < -0.4 is 10.1 Å². The summed E-state index contributed by atoms with van der Waals surface area (Å²) < 4.78 is 11.1. The number of nitrogens with one attached hydrogen (secondary N) is 1. The lowest BCUT2D eigenvalue weighted by atomic mass is 10.0. The van der Waals surface area contributed by atoms with Gasteiger partial charge >= 0.3 is 6.09 Å². The van der Waals surface area contributed by atoms with E-state index < -0.39 is 11.0 Å². The molecule has 2 aromatic carbocycles. The molecule has 1 N–H and O–H groups in total. The second kappa shape index (κ2) is 26.0. The average molecular weight is 680 g/mol. The summed E-state index contributed by atoms with van der Waals surface area (Å²) >= 11 is 0. The van der Waals surface area contributed by atoms with Gasteiger partial charge < -0.3 is 14.4 Å². The molecule has 272 valence electrons. The molecule has 49 heavy (non-hydrogen) atoms. The van der Waals surface area contributed by atoms with Crippen LogP contribution in [0, 0.1) is 10.1 Å². The van der Waals surface area contributed by atoms with E-state index in [1.807, 2.05) is 6.92 Å². The molecule has 0 heterocycles. The molecule has 0 radical (unpaired) electrons. The Kier molecular flexibility index (Phi) is 21.9. The van der Waals surface area contributed by atoms with Crippen molar-refractivity contribution < 1.29 is 24.0 Å². The van der Waals surface area contributed by atoms with Gasteiger partial charge in [-0.3, -0.25) is 20.2 Å². The van der Waals surface area contributed by atoms with E-state index in [0.29, 0.717) is 35.7 Å². The average Bonchev–Trinajstić information content (AvgIpc) is 3.10. The van der Waals surface area contributed by atoms with Gasteiger partial charge in [0.1, 0.15) is 12.4 Å². The van der Waals surface area contributed by atoms with Crippen LogP contribution in [-0.2, 0) is 9.53 Å². The third kappa shape index (κ3) is 19.0. The summed E-state index contributed by atoms with van der Waals surface area (Å²) in [7, 11) is 1.80. The smallest absolute Gasteiger partial charge is 0.411 e. The number of nitrogens with zero attached hydrogens (tertiary/aromatic N) is 2. The van der Waals surface area contributed by atoms with Crippen molar-refractivity contribution in [3.63, 3.8) is 0 Å². The second-order valence-corrected chi connectivity index (χ2v) is 13.0. The maximum atomic E-state index is 13.2. The molecule has 2 amide bonds. The van der Waals surface area contributed by atoms with E-state index in [4.69, 9.17) is 9.47 Å². The Morgan fingerprint density at radius 1 is 0.735 bits per heavy atom. The molecule has 0 aliphatic carbocycles. The van der Waals surface area contributed by atoms with Crippen LogP contribution in [0.15, 0.2) is 54.6 Å². The molecule has 9 nitrogen and oxygen atoms in total. The molecular formula is C40H61N3O6. The summed E-state index contributed by atoms with van der Waals surface area (Å²) in [6, 6.07) is 13.0. The molecule has 0 aromatic heterocycles.